The third kappa shape index (κ3) is 1.71. The lowest BCUT2D eigenvalue weighted by atomic mass is 10.3. The smallest absolute Gasteiger partial charge is 0.411 e. The minimum Gasteiger partial charge on any atom is -0.453 e. The molecule has 0 saturated heterocycles. The van der Waals surface area contributed by atoms with E-state index in [0.717, 1.165) is 16.9 Å². The molecule has 0 bridgehead atoms. The number of aryl methyl sites for hydroxylation is 2. The molecule has 0 fully saturated rings. The zero-order valence-corrected chi connectivity index (χ0v) is 9.44. The number of aromatic nitrogens is 2. The molecule has 0 spiro atoms. The lowest BCUT2D eigenvalue weighted by molar-refractivity contribution is 0.187. The summed E-state index contributed by atoms with van der Waals surface area (Å²) in [6, 6.07) is 5.56. The molecule has 1 amide bonds. The quantitative estimate of drug-likeness (QED) is 0.798. The van der Waals surface area contributed by atoms with E-state index in [9.17, 15) is 4.79 Å². The van der Waals surface area contributed by atoms with Gasteiger partial charge in [0.1, 0.15) is 5.82 Å². The first kappa shape index (κ1) is 10.5. The Hall–Kier alpha value is -2.04. The third-order valence-electron chi connectivity index (χ3n) is 2.54. The molecule has 0 atom stereocenters. The molecule has 0 unspecified atom stereocenters. The van der Waals surface area contributed by atoms with Crippen molar-refractivity contribution >= 4 is 22.8 Å². The summed E-state index contributed by atoms with van der Waals surface area (Å²) < 4.78 is 6.52. The molecule has 0 radical (unpaired) electrons. The van der Waals surface area contributed by atoms with Crippen LogP contribution in [0.3, 0.4) is 0 Å². The van der Waals surface area contributed by atoms with Gasteiger partial charge in [0, 0.05) is 12.7 Å². The van der Waals surface area contributed by atoms with Crippen molar-refractivity contribution in [2.45, 2.75) is 6.92 Å². The first-order valence-electron chi connectivity index (χ1n) is 4.90. The number of fused-ring (bicyclic) bond motifs is 1. The molecule has 16 heavy (non-hydrogen) atoms. The second kappa shape index (κ2) is 3.84. The van der Waals surface area contributed by atoms with Crippen molar-refractivity contribution in [1.29, 1.82) is 0 Å². The summed E-state index contributed by atoms with van der Waals surface area (Å²) >= 11 is 0. The number of nitrogens with one attached hydrogen (secondary N) is 1. The van der Waals surface area contributed by atoms with E-state index in [0.29, 0.717) is 5.69 Å². The largest absolute Gasteiger partial charge is 0.453 e. The molecule has 5 nitrogen and oxygen atoms in total. The molecular weight excluding hydrogens is 206 g/mol. The van der Waals surface area contributed by atoms with Gasteiger partial charge in [-0.3, -0.25) is 5.32 Å². The number of hydrogen-bond acceptors (Lipinski definition) is 3. The van der Waals surface area contributed by atoms with E-state index in [1.807, 2.05) is 36.7 Å². The first-order chi connectivity index (χ1) is 7.61. The van der Waals surface area contributed by atoms with Gasteiger partial charge in [0.15, 0.2) is 0 Å². The number of anilines is 1. The van der Waals surface area contributed by atoms with E-state index < -0.39 is 6.09 Å². The Labute approximate surface area is 93.0 Å². The van der Waals surface area contributed by atoms with Crippen molar-refractivity contribution in [3.8, 4) is 0 Å². The number of rotatable bonds is 1. The van der Waals surface area contributed by atoms with Crippen LogP contribution < -0.4 is 5.32 Å². The Kier molecular flexibility index (Phi) is 2.52. The van der Waals surface area contributed by atoms with Crippen LogP contribution in [-0.4, -0.2) is 22.8 Å². The van der Waals surface area contributed by atoms with Crippen LogP contribution in [0.1, 0.15) is 5.82 Å². The van der Waals surface area contributed by atoms with Crippen LogP contribution in [0, 0.1) is 6.92 Å². The summed E-state index contributed by atoms with van der Waals surface area (Å²) in [5.41, 5.74) is 2.57. The SMILES string of the molecule is COC(=O)Nc1ccc2c(c1)nc(C)n2C. The van der Waals surface area contributed by atoms with Gasteiger partial charge in [0.2, 0.25) is 0 Å². The lowest BCUT2D eigenvalue weighted by Gasteiger charge is -2.03. The van der Waals surface area contributed by atoms with Crippen LogP contribution in [0.4, 0.5) is 10.5 Å². The van der Waals surface area contributed by atoms with Gasteiger partial charge >= 0.3 is 6.09 Å². The fraction of sp³-hybridized carbons (Fsp3) is 0.273. The minimum absolute atomic E-state index is 0.480. The molecule has 0 aliphatic heterocycles. The van der Waals surface area contributed by atoms with Gasteiger partial charge in [0.25, 0.3) is 0 Å². The number of nitrogens with zero attached hydrogens (tertiary/aromatic N) is 2. The van der Waals surface area contributed by atoms with Gasteiger partial charge in [0.05, 0.1) is 18.1 Å². The van der Waals surface area contributed by atoms with E-state index in [4.69, 9.17) is 0 Å². The summed E-state index contributed by atoms with van der Waals surface area (Å²) in [6.45, 7) is 1.94. The first-order valence-corrected chi connectivity index (χ1v) is 4.90. The van der Waals surface area contributed by atoms with Crippen molar-refractivity contribution in [2.75, 3.05) is 12.4 Å². The Morgan fingerprint density at radius 2 is 2.25 bits per heavy atom. The fourth-order valence-electron chi connectivity index (χ4n) is 1.57. The molecule has 1 aromatic heterocycles. The second-order valence-electron chi connectivity index (χ2n) is 3.54. The van der Waals surface area contributed by atoms with Gasteiger partial charge in [-0.15, -0.1) is 0 Å². The predicted octanol–water partition coefficient (Wildman–Crippen LogP) is 2.06. The van der Waals surface area contributed by atoms with E-state index in [1.54, 1.807) is 0 Å². The Morgan fingerprint density at radius 1 is 1.50 bits per heavy atom. The average molecular weight is 219 g/mol. The van der Waals surface area contributed by atoms with Crippen molar-refractivity contribution in [2.24, 2.45) is 7.05 Å². The number of ether oxygens (including phenoxy) is 1. The predicted molar refractivity (Wildman–Crippen MR) is 61.5 cm³/mol. The van der Waals surface area contributed by atoms with Crippen LogP contribution in [0.15, 0.2) is 18.2 Å². The number of amides is 1. The zero-order chi connectivity index (χ0) is 11.7. The van der Waals surface area contributed by atoms with E-state index >= 15 is 0 Å². The summed E-state index contributed by atoms with van der Waals surface area (Å²) in [5.74, 6) is 0.935. The van der Waals surface area contributed by atoms with Gasteiger partial charge in [-0.25, -0.2) is 9.78 Å². The van der Waals surface area contributed by atoms with Crippen molar-refractivity contribution in [1.82, 2.24) is 9.55 Å². The minimum atomic E-state index is -0.480. The average Bonchev–Trinajstić information content (AvgIpc) is 2.54. The van der Waals surface area contributed by atoms with E-state index in [1.165, 1.54) is 7.11 Å². The van der Waals surface area contributed by atoms with E-state index in [2.05, 4.69) is 15.0 Å². The van der Waals surface area contributed by atoms with Gasteiger partial charge in [-0.05, 0) is 25.1 Å². The van der Waals surface area contributed by atoms with Crippen LogP contribution in [-0.2, 0) is 11.8 Å². The Morgan fingerprint density at radius 3 is 2.94 bits per heavy atom. The normalized spacial score (nSPS) is 10.4. The van der Waals surface area contributed by atoms with Gasteiger partial charge in [-0.1, -0.05) is 0 Å². The number of carbonyl (C=O) groups is 1. The number of hydrogen-bond donors (Lipinski definition) is 1. The van der Waals surface area contributed by atoms with Gasteiger partial charge in [-0.2, -0.15) is 0 Å². The zero-order valence-electron chi connectivity index (χ0n) is 9.44. The summed E-state index contributed by atoms with van der Waals surface area (Å²) in [5, 5.41) is 2.60. The molecule has 1 N–H and O–H groups in total. The Bertz CT molecular complexity index is 545. The Balaban J connectivity index is 2.41. The van der Waals surface area contributed by atoms with Gasteiger partial charge < -0.3 is 9.30 Å². The molecule has 0 saturated carbocycles. The summed E-state index contributed by atoms with van der Waals surface area (Å²) in [7, 11) is 3.29. The van der Waals surface area contributed by atoms with E-state index in [-0.39, 0.29) is 0 Å². The molecule has 2 rings (SSSR count). The standard InChI is InChI=1S/C11H13N3O2/c1-7-12-9-6-8(13-11(15)16-3)4-5-10(9)14(7)2/h4-6H,1-3H3,(H,13,15). The van der Waals surface area contributed by atoms with Crippen LogP contribution >= 0.6 is 0 Å². The van der Waals surface area contributed by atoms with Crippen LogP contribution in [0.5, 0.6) is 0 Å². The lowest BCUT2D eigenvalue weighted by Crippen LogP contribution is -2.10. The number of carbonyl (C=O) groups excluding carboxylic acids is 1. The highest BCUT2D eigenvalue weighted by Gasteiger charge is 2.06. The van der Waals surface area contributed by atoms with Crippen LogP contribution in [0.2, 0.25) is 0 Å². The molecule has 84 valence electrons. The highest BCUT2D eigenvalue weighted by atomic mass is 16.5. The van der Waals surface area contributed by atoms with Crippen LogP contribution in [0.25, 0.3) is 11.0 Å². The maximum Gasteiger partial charge on any atom is 0.411 e. The highest BCUT2D eigenvalue weighted by molar-refractivity contribution is 5.88. The molecular formula is C11H13N3O2. The maximum absolute atomic E-state index is 11.0. The van der Waals surface area contributed by atoms with Crippen molar-refractivity contribution < 1.29 is 9.53 Å². The summed E-state index contributed by atoms with van der Waals surface area (Å²) in [6.07, 6.45) is -0.480. The molecule has 1 aromatic carbocycles. The van der Waals surface area contributed by atoms with Crippen molar-refractivity contribution in [3.63, 3.8) is 0 Å². The monoisotopic (exact) mass is 219 g/mol. The molecule has 5 heteroatoms. The third-order valence-corrected chi connectivity index (χ3v) is 2.54. The molecule has 0 aliphatic carbocycles. The number of methoxy groups -OCH3 is 1. The fourth-order valence-corrected chi connectivity index (χ4v) is 1.57. The highest BCUT2D eigenvalue weighted by Crippen LogP contribution is 2.19. The molecule has 0 aliphatic rings. The van der Waals surface area contributed by atoms with Crippen molar-refractivity contribution in [3.05, 3.63) is 24.0 Å². The topological polar surface area (TPSA) is 56.1 Å². The second-order valence-corrected chi connectivity index (χ2v) is 3.54. The number of imidazole rings is 1. The summed E-state index contributed by atoms with van der Waals surface area (Å²) in [4.78, 5) is 15.4. The molecule has 2 aromatic rings. The maximum atomic E-state index is 11.0. The molecule has 1 heterocycles. The number of benzene rings is 1.